The second-order valence-corrected chi connectivity index (χ2v) is 8.09. The summed E-state index contributed by atoms with van der Waals surface area (Å²) >= 11 is 0. The summed E-state index contributed by atoms with van der Waals surface area (Å²) < 4.78 is 47.0. The van der Waals surface area contributed by atoms with Crippen LogP contribution < -0.4 is 35.2 Å². The largest absolute Gasteiger partial charge is 0.496 e. The highest BCUT2D eigenvalue weighted by atomic mass is 32.2. The monoisotopic (exact) mass is 522 g/mol. The molecule has 0 saturated heterocycles. The Hall–Kier alpha value is -3.54. The van der Waals surface area contributed by atoms with Crippen molar-refractivity contribution in [3.8, 4) is 28.7 Å². The lowest BCUT2D eigenvalue weighted by Crippen LogP contribution is -2.35. The lowest BCUT2D eigenvalue weighted by atomic mass is 10.0. The molecule has 0 bridgehead atoms. The SMILES string of the molecule is C=Cc1c(OC)cc(OC)cc1OC.COc1ccccc1OC(=O)C(N)CCC(C=S(=O)=O)CN. The minimum Gasteiger partial charge on any atom is -0.496 e. The number of rotatable bonds is 12. The van der Waals surface area contributed by atoms with Crippen LogP contribution in [0.4, 0.5) is 0 Å². The molecule has 0 fully saturated rings. The lowest BCUT2D eigenvalue weighted by molar-refractivity contribution is -0.136. The Labute approximate surface area is 213 Å². The Morgan fingerprint density at radius 1 is 0.944 bits per heavy atom. The first-order chi connectivity index (χ1) is 17.2. The molecule has 0 aromatic heterocycles. The van der Waals surface area contributed by atoms with Crippen LogP contribution in [0.15, 0.2) is 43.0 Å². The van der Waals surface area contributed by atoms with Crippen LogP contribution in [0, 0.1) is 5.92 Å². The molecule has 2 rings (SSSR count). The van der Waals surface area contributed by atoms with Gasteiger partial charge in [-0.25, -0.2) is 4.79 Å². The average molecular weight is 523 g/mol. The van der Waals surface area contributed by atoms with E-state index in [1.165, 1.54) is 7.11 Å². The van der Waals surface area contributed by atoms with Gasteiger partial charge < -0.3 is 35.2 Å². The van der Waals surface area contributed by atoms with Gasteiger partial charge in [0.25, 0.3) is 0 Å². The van der Waals surface area contributed by atoms with Gasteiger partial charge in [0.05, 0.1) is 34.0 Å². The number of nitrogens with two attached hydrogens (primary N) is 2. The van der Waals surface area contributed by atoms with Crippen LogP contribution in [0.1, 0.15) is 18.4 Å². The minimum absolute atomic E-state index is 0.169. The average Bonchev–Trinajstić information content (AvgIpc) is 2.90. The molecule has 198 valence electrons. The van der Waals surface area contributed by atoms with Crippen molar-refractivity contribution in [2.75, 3.05) is 35.0 Å². The molecule has 0 radical (unpaired) electrons. The summed E-state index contributed by atoms with van der Waals surface area (Å²) in [6.45, 7) is 3.87. The molecular formula is C25H34N2O8S. The molecule has 0 heterocycles. The summed E-state index contributed by atoms with van der Waals surface area (Å²) in [5.41, 5.74) is 12.1. The van der Waals surface area contributed by atoms with E-state index in [-0.39, 0.29) is 24.6 Å². The normalized spacial score (nSPS) is 11.6. The molecular weight excluding hydrogens is 488 g/mol. The number of benzene rings is 2. The highest BCUT2D eigenvalue weighted by molar-refractivity contribution is 7.71. The zero-order chi connectivity index (χ0) is 27.1. The van der Waals surface area contributed by atoms with Gasteiger partial charge in [-0.1, -0.05) is 24.8 Å². The van der Waals surface area contributed by atoms with E-state index in [0.717, 1.165) is 10.9 Å². The third-order valence-corrected chi connectivity index (χ3v) is 5.60. The number of para-hydroxylation sites is 2. The first-order valence-corrected chi connectivity index (χ1v) is 12.0. The van der Waals surface area contributed by atoms with E-state index >= 15 is 0 Å². The lowest BCUT2D eigenvalue weighted by Gasteiger charge is -2.14. The van der Waals surface area contributed by atoms with Crippen molar-refractivity contribution >= 4 is 27.7 Å². The van der Waals surface area contributed by atoms with Gasteiger partial charge in [0.1, 0.15) is 23.3 Å². The first kappa shape index (κ1) is 30.5. The fourth-order valence-electron chi connectivity index (χ4n) is 3.03. The smallest absolute Gasteiger partial charge is 0.328 e. The molecule has 0 saturated carbocycles. The summed E-state index contributed by atoms with van der Waals surface area (Å²) in [6.07, 6.45) is 2.34. The second-order valence-electron chi connectivity index (χ2n) is 7.30. The highest BCUT2D eigenvalue weighted by Crippen LogP contribution is 2.34. The third-order valence-electron chi connectivity index (χ3n) is 4.99. The summed E-state index contributed by atoms with van der Waals surface area (Å²) in [6, 6.07) is 9.43. The summed E-state index contributed by atoms with van der Waals surface area (Å²) in [7, 11) is 3.98. The van der Waals surface area contributed by atoms with Gasteiger partial charge in [-0.2, -0.15) is 8.42 Å². The van der Waals surface area contributed by atoms with E-state index in [9.17, 15) is 13.2 Å². The molecule has 10 nitrogen and oxygen atoms in total. The van der Waals surface area contributed by atoms with Crippen LogP contribution in [0.25, 0.3) is 6.08 Å². The Kier molecular flexibility index (Phi) is 13.7. The number of hydrogen-bond acceptors (Lipinski definition) is 10. The van der Waals surface area contributed by atoms with Gasteiger partial charge in [-0.3, -0.25) is 0 Å². The van der Waals surface area contributed by atoms with Crippen molar-refractivity contribution in [2.45, 2.75) is 18.9 Å². The van der Waals surface area contributed by atoms with Crippen molar-refractivity contribution in [3.63, 3.8) is 0 Å². The van der Waals surface area contributed by atoms with Gasteiger partial charge in [0.2, 0.25) is 10.3 Å². The van der Waals surface area contributed by atoms with Crippen LogP contribution in [0.3, 0.4) is 0 Å². The number of carbonyl (C=O) groups excluding carboxylic acids is 1. The zero-order valence-electron chi connectivity index (χ0n) is 20.9. The quantitative estimate of drug-likeness (QED) is 0.241. The van der Waals surface area contributed by atoms with Crippen LogP contribution in [-0.4, -0.2) is 60.8 Å². The molecule has 2 unspecified atom stereocenters. The molecule has 0 amide bonds. The molecule has 0 spiro atoms. The van der Waals surface area contributed by atoms with Crippen molar-refractivity contribution in [1.29, 1.82) is 0 Å². The fourth-order valence-corrected chi connectivity index (χ4v) is 3.59. The van der Waals surface area contributed by atoms with Gasteiger partial charge in [0, 0.05) is 23.4 Å². The molecule has 0 aliphatic rings. The van der Waals surface area contributed by atoms with E-state index in [1.807, 2.05) is 0 Å². The number of ether oxygens (including phenoxy) is 5. The topological polar surface area (TPSA) is 149 Å². The summed E-state index contributed by atoms with van der Waals surface area (Å²) in [4.78, 5) is 11.9. The molecule has 0 aliphatic carbocycles. The summed E-state index contributed by atoms with van der Waals surface area (Å²) in [5.74, 6) is 1.84. The van der Waals surface area contributed by atoms with E-state index in [1.54, 1.807) is 63.8 Å². The van der Waals surface area contributed by atoms with Crippen molar-refractivity contribution in [3.05, 3.63) is 48.5 Å². The van der Waals surface area contributed by atoms with E-state index < -0.39 is 22.3 Å². The molecule has 2 aromatic carbocycles. The van der Waals surface area contributed by atoms with Gasteiger partial charge in [-0.05, 0) is 31.5 Å². The summed E-state index contributed by atoms with van der Waals surface area (Å²) in [5, 5.41) is 1.11. The minimum atomic E-state index is -2.29. The number of esters is 1. The van der Waals surface area contributed by atoms with Crippen molar-refractivity contribution < 1.29 is 36.9 Å². The maximum Gasteiger partial charge on any atom is 0.328 e. The Morgan fingerprint density at radius 3 is 1.94 bits per heavy atom. The van der Waals surface area contributed by atoms with Crippen LogP contribution in [0.2, 0.25) is 0 Å². The fraction of sp³-hybridized carbons (Fsp3) is 0.360. The highest BCUT2D eigenvalue weighted by Gasteiger charge is 2.19. The van der Waals surface area contributed by atoms with E-state index in [2.05, 4.69) is 6.58 Å². The van der Waals surface area contributed by atoms with E-state index in [4.69, 9.17) is 35.2 Å². The standard InChI is InChI=1S/C14H20N2O5S.C11H14O3/c1-20-12-4-2-3-5-13(12)21-14(17)11(16)7-6-10(8-15)9-22(18)19;1-5-9-10(13-3)6-8(12-2)7-11(9)14-4/h2-5,9-11H,6-8,15-16H2,1H3;5-7H,1H2,2-4H3. The van der Waals surface area contributed by atoms with Crippen LogP contribution in [0.5, 0.6) is 28.7 Å². The molecule has 2 atom stereocenters. The number of methoxy groups -OCH3 is 4. The van der Waals surface area contributed by atoms with Crippen molar-refractivity contribution in [2.24, 2.45) is 17.4 Å². The van der Waals surface area contributed by atoms with Crippen LogP contribution in [-0.2, 0) is 15.1 Å². The Morgan fingerprint density at radius 2 is 1.50 bits per heavy atom. The van der Waals surface area contributed by atoms with Gasteiger partial charge in [-0.15, -0.1) is 0 Å². The predicted molar refractivity (Wildman–Crippen MR) is 140 cm³/mol. The number of hydrogen-bond donors (Lipinski definition) is 2. The molecule has 4 N–H and O–H groups in total. The molecule has 36 heavy (non-hydrogen) atoms. The van der Waals surface area contributed by atoms with Crippen molar-refractivity contribution in [1.82, 2.24) is 0 Å². The Balaban J connectivity index is 0.000000397. The first-order valence-electron chi connectivity index (χ1n) is 10.9. The third kappa shape index (κ3) is 9.61. The van der Waals surface area contributed by atoms with Gasteiger partial charge in [0.15, 0.2) is 11.5 Å². The van der Waals surface area contributed by atoms with E-state index in [0.29, 0.717) is 29.4 Å². The second kappa shape index (κ2) is 16.2. The van der Waals surface area contributed by atoms with Gasteiger partial charge >= 0.3 is 5.97 Å². The molecule has 11 heteroatoms. The maximum absolute atomic E-state index is 11.9. The van der Waals surface area contributed by atoms with Crippen LogP contribution >= 0.6 is 0 Å². The Bertz CT molecular complexity index is 1100. The maximum atomic E-state index is 11.9. The molecule has 2 aromatic rings. The molecule has 0 aliphatic heterocycles. The predicted octanol–water partition coefficient (Wildman–Crippen LogP) is 2.32. The zero-order valence-corrected chi connectivity index (χ0v) is 21.7. The number of carbonyl (C=O) groups is 1.